The van der Waals surface area contributed by atoms with Crippen LogP contribution in [0.4, 0.5) is 5.13 Å². The number of hydrogen-bond donors (Lipinski definition) is 1. The second-order valence-corrected chi connectivity index (χ2v) is 10.6. The van der Waals surface area contributed by atoms with Crippen molar-refractivity contribution in [3.8, 4) is 11.3 Å². The largest absolute Gasteiger partial charge is 0.298 e. The van der Waals surface area contributed by atoms with Gasteiger partial charge in [0.2, 0.25) is 10.0 Å². The summed E-state index contributed by atoms with van der Waals surface area (Å²) in [6.07, 6.45) is 3.40. The molecular weight excluding hydrogens is 442 g/mol. The summed E-state index contributed by atoms with van der Waals surface area (Å²) < 4.78 is 25.9. The second kappa shape index (κ2) is 8.11. The normalized spacial score (nSPS) is 13.5. The predicted molar refractivity (Wildman–Crippen MR) is 120 cm³/mol. The number of carbonyl (C=O) groups is 1. The molecule has 0 radical (unpaired) electrons. The lowest BCUT2D eigenvalue weighted by Crippen LogP contribution is -2.23. The number of aromatic nitrogens is 1. The molecular formula is C21H20ClN3O3S2. The van der Waals surface area contributed by atoms with Gasteiger partial charge in [-0.15, -0.1) is 11.3 Å². The zero-order valence-corrected chi connectivity index (χ0v) is 18.9. The van der Waals surface area contributed by atoms with E-state index in [4.69, 9.17) is 11.6 Å². The fourth-order valence-corrected chi connectivity index (χ4v) is 5.51. The molecule has 1 aliphatic carbocycles. The number of halogens is 1. The summed E-state index contributed by atoms with van der Waals surface area (Å²) >= 11 is 7.38. The summed E-state index contributed by atoms with van der Waals surface area (Å²) in [5, 5.41) is 5.15. The van der Waals surface area contributed by atoms with Crippen LogP contribution in [0.5, 0.6) is 0 Å². The van der Waals surface area contributed by atoms with Crippen molar-refractivity contribution in [1.82, 2.24) is 9.29 Å². The van der Waals surface area contributed by atoms with Crippen LogP contribution < -0.4 is 5.32 Å². The second-order valence-electron chi connectivity index (χ2n) is 7.26. The fraction of sp³-hybridized carbons (Fsp3) is 0.238. The van der Waals surface area contributed by atoms with E-state index in [0.717, 1.165) is 28.4 Å². The van der Waals surface area contributed by atoms with Gasteiger partial charge in [-0.2, -0.15) is 0 Å². The Kier molecular flexibility index (Phi) is 5.67. The molecule has 0 spiro atoms. The fourth-order valence-electron chi connectivity index (χ4n) is 3.40. The number of amides is 1. The standard InChI is InChI=1S/C21H20ClN3O3S2/c1-25(2)30(27,28)19-11-16(8-9-17(19)22)20(26)24-21-23-18(12-29-21)15-7-6-13-4-3-5-14(13)10-15/h6-12H,3-5H2,1-2H3,(H,23,24,26). The van der Waals surface area contributed by atoms with Gasteiger partial charge in [0.05, 0.1) is 10.7 Å². The Hall–Kier alpha value is -2.26. The minimum absolute atomic E-state index is 0.0633. The van der Waals surface area contributed by atoms with Crippen LogP contribution in [0, 0.1) is 0 Å². The number of sulfonamides is 1. The molecule has 0 saturated heterocycles. The Morgan fingerprint density at radius 2 is 1.90 bits per heavy atom. The first-order valence-electron chi connectivity index (χ1n) is 9.37. The third kappa shape index (κ3) is 4.00. The molecule has 1 amide bonds. The highest BCUT2D eigenvalue weighted by Gasteiger charge is 2.23. The van der Waals surface area contributed by atoms with Gasteiger partial charge in [-0.1, -0.05) is 23.7 Å². The van der Waals surface area contributed by atoms with Crippen LogP contribution in [0.1, 0.15) is 27.9 Å². The maximum absolute atomic E-state index is 12.7. The van der Waals surface area contributed by atoms with Crippen LogP contribution in [0.15, 0.2) is 46.7 Å². The number of thiazole rings is 1. The summed E-state index contributed by atoms with van der Waals surface area (Å²) in [4.78, 5) is 17.1. The SMILES string of the molecule is CN(C)S(=O)(=O)c1cc(C(=O)Nc2nc(-c3ccc4c(c3)CCC4)cs2)ccc1Cl. The van der Waals surface area contributed by atoms with E-state index < -0.39 is 15.9 Å². The summed E-state index contributed by atoms with van der Waals surface area (Å²) in [5.74, 6) is -0.447. The lowest BCUT2D eigenvalue weighted by molar-refractivity contribution is 0.102. The molecule has 3 aromatic rings. The quantitative estimate of drug-likeness (QED) is 0.608. The van der Waals surface area contributed by atoms with Crippen LogP contribution in [-0.4, -0.2) is 37.7 Å². The van der Waals surface area contributed by atoms with E-state index in [0.29, 0.717) is 5.13 Å². The smallest absolute Gasteiger partial charge is 0.257 e. The van der Waals surface area contributed by atoms with Crippen LogP contribution in [0.25, 0.3) is 11.3 Å². The Bertz CT molecular complexity index is 1240. The van der Waals surface area contributed by atoms with Gasteiger partial charge in [-0.25, -0.2) is 17.7 Å². The number of carbonyl (C=O) groups excluding carboxylic acids is 1. The van der Waals surface area contributed by atoms with Gasteiger partial charge in [0, 0.05) is 30.6 Å². The molecule has 156 valence electrons. The van der Waals surface area contributed by atoms with Gasteiger partial charge in [0.1, 0.15) is 4.90 Å². The van der Waals surface area contributed by atoms with Gasteiger partial charge in [-0.3, -0.25) is 10.1 Å². The summed E-state index contributed by atoms with van der Waals surface area (Å²) in [7, 11) is -0.943. The number of nitrogens with one attached hydrogen (secondary N) is 1. The molecule has 6 nitrogen and oxygen atoms in total. The Morgan fingerprint density at radius 1 is 1.13 bits per heavy atom. The first kappa shape index (κ1) is 21.0. The van der Waals surface area contributed by atoms with Gasteiger partial charge in [0.15, 0.2) is 5.13 Å². The number of rotatable bonds is 5. The summed E-state index contributed by atoms with van der Waals surface area (Å²) in [6, 6.07) is 10.5. The molecule has 30 heavy (non-hydrogen) atoms. The predicted octanol–water partition coefficient (Wildman–Crippen LogP) is 4.45. The van der Waals surface area contributed by atoms with Crippen LogP contribution in [0.3, 0.4) is 0 Å². The molecule has 1 heterocycles. The molecule has 0 fully saturated rings. The molecule has 1 aliphatic rings. The minimum Gasteiger partial charge on any atom is -0.298 e. The van der Waals surface area contributed by atoms with Crippen molar-refractivity contribution >= 4 is 44.0 Å². The lowest BCUT2D eigenvalue weighted by atomic mass is 10.1. The molecule has 9 heteroatoms. The van der Waals surface area contributed by atoms with Gasteiger partial charge in [0.25, 0.3) is 5.91 Å². The van der Waals surface area contributed by atoms with E-state index in [2.05, 4.69) is 28.5 Å². The number of fused-ring (bicyclic) bond motifs is 1. The van der Waals surface area contributed by atoms with Crippen molar-refractivity contribution in [1.29, 1.82) is 0 Å². The van der Waals surface area contributed by atoms with E-state index >= 15 is 0 Å². The Balaban J connectivity index is 1.55. The van der Waals surface area contributed by atoms with Crippen molar-refractivity contribution in [3.63, 3.8) is 0 Å². The molecule has 0 atom stereocenters. The van der Waals surface area contributed by atoms with Gasteiger partial charge in [-0.05, 0) is 54.7 Å². The molecule has 0 unspecified atom stereocenters. The van der Waals surface area contributed by atoms with Crippen molar-refractivity contribution in [3.05, 3.63) is 63.5 Å². The third-order valence-corrected chi connectivity index (χ3v) is 8.13. The van der Waals surface area contributed by atoms with E-state index in [1.54, 1.807) is 0 Å². The molecule has 0 aliphatic heterocycles. The van der Waals surface area contributed by atoms with E-state index in [1.807, 2.05) is 5.38 Å². The first-order chi connectivity index (χ1) is 14.3. The molecule has 1 N–H and O–H groups in total. The average molecular weight is 462 g/mol. The number of nitrogens with zero attached hydrogens (tertiary/aromatic N) is 2. The van der Waals surface area contributed by atoms with Crippen molar-refractivity contribution in [2.45, 2.75) is 24.2 Å². The molecule has 0 saturated carbocycles. The molecule has 4 rings (SSSR count). The minimum atomic E-state index is -3.77. The molecule has 1 aromatic heterocycles. The zero-order chi connectivity index (χ0) is 21.5. The average Bonchev–Trinajstić information content (AvgIpc) is 3.36. The number of anilines is 1. The zero-order valence-electron chi connectivity index (χ0n) is 16.5. The number of hydrogen-bond acceptors (Lipinski definition) is 5. The lowest BCUT2D eigenvalue weighted by Gasteiger charge is -2.13. The topological polar surface area (TPSA) is 79.4 Å². The monoisotopic (exact) mass is 461 g/mol. The van der Waals surface area contributed by atoms with Crippen molar-refractivity contribution < 1.29 is 13.2 Å². The highest BCUT2D eigenvalue weighted by molar-refractivity contribution is 7.89. The number of benzene rings is 2. The van der Waals surface area contributed by atoms with Gasteiger partial charge < -0.3 is 0 Å². The third-order valence-electron chi connectivity index (χ3n) is 5.07. The maximum atomic E-state index is 12.7. The summed E-state index contributed by atoms with van der Waals surface area (Å²) in [5.41, 5.74) is 4.78. The van der Waals surface area contributed by atoms with E-state index in [1.165, 1.54) is 61.2 Å². The Morgan fingerprint density at radius 3 is 2.67 bits per heavy atom. The van der Waals surface area contributed by atoms with Crippen molar-refractivity contribution in [2.24, 2.45) is 0 Å². The van der Waals surface area contributed by atoms with Crippen LogP contribution >= 0.6 is 22.9 Å². The van der Waals surface area contributed by atoms with E-state index in [-0.39, 0.29) is 15.5 Å². The van der Waals surface area contributed by atoms with E-state index in [9.17, 15) is 13.2 Å². The Labute approximate surface area is 184 Å². The molecule has 2 aromatic carbocycles. The number of aryl methyl sites for hydroxylation is 2. The molecule has 0 bridgehead atoms. The first-order valence-corrected chi connectivity index (χ1v) is 12.1. The maximum Gasteiger partial charge on any atom is 0.257 e. The summed E-state index contributed by atoms with van der Waals surface area (Å²) in [6.45, 7) is 0. The highest BCUT2D eigenvalue weighted by Crippen LogP contribution is 2.30. The van der Waals surface area contributed by atoms with Crippen molar-refractivity contribution in [2.75, 3.05) is 19.4 Å². The van der Waals surface area contributed by atoms with Crippen LogP contribution in [-0.2, 0) is 22.9 Å². The highest BCUT2D eigenvalue weighted by atomic mass is 35.5. The van der Waals surface area contributed by atoms with Gasteiger partial charge >= 0.3 is 0 Å². The van der Waals surface area contributed by atoms with Crippen LogP contribution in [0.2, 0.25) is 5.02 Å².